The van der Waals surface area contributed by atoms with Crippen molar-refractivity contribution in [3.8, 4) is 5.75 Å². The van der Waals surface area contributed by atoms with Gasteiger partial charge in [-0.05, 0) is 49.2 Å². The SMILES string of the molecule is O=C(O)CCCCCCCCCCCOc1ccc(S(=O)(=O)Nc2ccc(C(=O)NCCOCCOCC(=O)NCCOCCOCC(=O)O)cn2)cc1. The first kappa shape index (κ1) is 45.8. The molecule has 54 heavy (non-hydrogen) atoms. The van der Waals surface area contributed by atoms with Gasteiger partial charge in [-0.25, -0.2) is 18.2 Å². The average Bonchev–Trinajstić information content (AvgIpc) is 3.14. The number of hydrogen-bond donors (Lipinski definition) is 5. The van der Waals surface area contributed by atoms with Crippen LogP contribution >= 0.6 is 0 Å². The van der Waals surface area contributed by atoms with E-state index in [0.29, 0.717) is 12.4 Å². The van der Waals surface area contributed by atoms with Crippen LogP contribution in [0.1, 0.15) is 74.6 Å². The highest BCUT2D eigenvalue weighted by molar-refractivity contribution is 7.92. The summed E-state index contributed by atoms with van der Waals surface area (Å²) in [6, 6.07) is 8.95. The molecule has 0 fully saturated rings. The van der Waals surface area contributed by atoms with Crippen molar-refractivity contribution in [1.29, 1.82) is 0 Å². The third kappa shape index (κ3) is 22.7. The maximum atomic E-state index is 12.9. The second kappa shape index (κ2) is 28.1. The molecule has 0 saturated heterocycles. The normalized spacial score (nSPS) is 11.2. The van der Waals surface area contributed by atoms with E-state index in [1.54, 1.807) is 12.1 Å². The number of ether oxygens (including phenoxy) is 5. The lowest BCUT2D eigenvalue weighted by atomic mass is 10.1. The molecule has 1 heterocycles. The Balaban J connectivity index is 1.52. The van der Waals surface area contributed by atoms with Crippen molar-refractivity contribution in [1.82, 2.24) is 15.6 Å². The minimum atomic E-state index is -3.92. The minimum Gasteiger partial charge on any atom is -0.494 e. The van der Waals surface area contributed by atoms with Crippen LogP contribution in [0.15, 0.2) is 47.5 Å². The molecule has 0 aliphatic rings. The second-order valence-corrected chi connectivity index (χ2v) is 13.7. The summed E-state index contributed by atoms with van der Waals surface area (Å²) in [6.45, 7) is 1.63. The number of unbranched alkanes of at least 4 members (excludes halogenated alkanes) is 8. The van der Waals surface area contributed by atoms with E-state index in [4.69, 9.17) is 33.9 Å². The van der Waals surface area contributed by atoms with Crippen molar-refractivity contribution in [3.63, 3.8) is 0 Å². The van der Waals surface area contributed by atoms with Gasteiger partial charge in [0, 0.05) is 25.7 Å². The molecule has 2 amide bonds. The zero-order valence-corrected chi connectivity index (χ0v) is 31.4. The van der Waals surface area contributed by atoms with Crippen molar-refractivity contribution in [3.05, 3.63) is 48.2 Å². The van der Waals surface area contributed by atoms with Crippen molar-refractivity contribution < 1.29 is 61.5 Å². The summed E-state index contributed by atoms with van der Waals surface area (Å²) in [5.41, 5.74) is 0.232. The van der Waals surface area contributed by atoms with E-state index in [1.165, 1.54) is 30.5 Å². The molecule has 302 valence electrons. The number of nitrogens with one attached hydrogen (secondary N) is 3. The van der Waals surface area contributed by atoms with Gasteiger partial charge in [0.2, 0.25) is 5.91 Å². The largest absolute Gasteiger partial charge is 0.494 e. The van der Waals surface area contributed by atoms with E-state index in [9.17, 15) is 27.6 Å². The molecule has 2 aromatic rings. The van der Waals surface area contributed by atoms with Gasteiger partial charge in [-0.1, -0.05) is 44.9 Å². The van der Waals surface area contributed by atoms with Gasteiger partial charge in [0.1, 0.15) is 24.8 Å². The number of carbonyl (C=O) groups is 4. The van der Waals surface area contributed by atoms with Crippen LogP contribution in [-0.2, 0) is 43.4 Å². The number of amides is 2. The van der Waals surface area contributed by atoms with Crippen molar-refractivity contribution >= 4 is 39.6 Å². The van der Waals surface area contributed by atoms with Crippen LogP contribution < -0.4 is 20.1 Å². The van der Waals surface area contributed by atoms with Crippen LogP contribution in [0.25, 0.3) is 0 Å². The lowest BCUT2D eigenvalue weighted by Crippen LogP contribution is -2.31. The lowest BCUT2D eigenvalue weighted by Gasteiger charge is -2.10. The van der Waals surface area contributed by atoms with E-state index >= 15 is 0 Å². The van der Waals surface area contributed by atoms with E-state index < -0.39 is 27.9 Å². The summed E-state index contributed by atoms with van der Waals surface area (Å²) in [4.78, 5) is 49.1. The summed E-state index contributed by atoms with van der Waals surface area (Å²) in [5, 5.41) is 22.4. The monoisotopic (exact) mass is 782 g/mol. The Hall–Kier alpha value is -4.36. The van der Waals surface area contributed by atoms with Gasteiger partial charge in [0.25, 0.3) is 15.9 Å². The van der Waals surface area contributed by atoms with Crippen LogP contribution in [0.4, 0.5) is 5.82 Å². The first-order valence-corrected chi connectivity index (χ1v) is 19.6. The Bertz CT molecular complexity index is 1480. The van der Waals surface area contributed by atoms with E-state index in [-0.39, 0.29) is 94.5 Å². The Labute approximate surface area is 316 Å². The molecular formula is C36H54N4O13S. The summed E-state index contributed by atoms with van der Waals surface area (Å²) in [7, 11) is -3.92. The number of pyridine rings is 1. The summed E-state index contributed by atoms with van der Waals surface area (Å²) in [6.07, 6.45) is 10.7. The van der Waals surface area contributed by atoms with Crippen LogP contribution in [-0.4, -0.2) is 120 Å². The molecule has 0 aliphatic heterocycles. The molecule has 1 aromatic heterocycles. The highest BCUT2D eigenvalue weighted by Crippen LogP contribution is 2.19. The molecule has 2 rings (SSSR count). The summed E-state index contributed by atoms with van der Waals surface area (Å²) in [5.74, 6) is -1.91. The Morgan fingerprint density at radius 1 is 0.611 bits per heavy atom. The number of benzene rings is 1. The van der Waals surface area contributed by atoms with Crippen LogP contribution in [0.3, 0.4) is 0 Å². The highest BCUT2D eigenvalue weighted by atomic mass is 32.2. The average molecular weight is 783 g/mol. The van der Waals surface area contributed by atoms with E-state index in [0.717, 1.165) is 57.8 Å². The number of aliphatic carboxylic acids is 2. The Kier molecular flexibility index (Phi) is 23.9. The highest BCUT2D eigenvalue weighted by Gasteiger charge is 2.16. The van der Waals surface area contributed by atoms with Crippen molar-refractivity contribution in [2.45, 2.75) is 69.1 Å². The zero-order valence-electron chi connectivity index (χ0n) is 30.6. The third-order valence-corrected chi connectivity index (χ3v) is 8.88. The number of sulfonamides is 1. The standard InChI is InChI=1S/C36H54N4O13S/c41-33(37-17-20-49-23-25-52-28-35(44)45)27-51-24-22-50-21-18-38-36(46)29-11-16-32(39-26-29)40-54(47,48)31-14-12-30(13-15-31)53-19-9-7-5-3-1-2-4-6-8-10-34(42)43/h11-16,26H,1-10,17-25,27-28H2,(H,37,41)(H,38,46)(H,39,40)(H,42,43)(H,44,45). The number of rotatable bonds is 33. The molecule has 17 nitrogen and oxygen atoms in total. The minimum absolute atomic E-state index is 0.0381. The molecule has 0 aliphatic carbocycles. The molecule has 1 aromatic carbocycles. The van der Waals surface area contributed by atoms with Crippen LogP contribution in [0, 0.1) is 0 Å². The van der Waals surface area contributed by atoms with E-state index in [1.807, 2.05) is 0 Å². The number of nitrogens with zero attached hydrogens (tertiary/aromatic N) is 1. The number of hydrogen-bond acceptors (Lipinski definition) is 12. The molecule has 0 radical (unpaired) electrons. The molecule has 18 heteroatoms. The van der Waals surface area contributed by atoms with Gasteiger partial charge in [0.05, 0.1) is 56.7 Å². The zero-order chi connectivity index (χ0) is 39.3. The van der Waals surface area contributed by atoms with Crippen LogP contribution in [0.5, 0.6) is 5.75 Å². The van der Waals surface area contributed by atoms with Gasteiger partial charge < -0.3 is 44.5 Å². The fourth-order valence-electron chi connectivity index (χ4n) is 4.72. The molecule has 5 N–H and O–H groups in total. The fraction of sp³-hybridized carbons (Fsp3) is 0.583. The topological polar surface area (TPSA) is 238 Å². The fourth-order valence-corrected chi connectivity index (χ4v) is 5.73. The molecule has 0 bridgehead atoms. The molecular weight excluding hydrogens is 728 g/mol. The first-order chi connectivity index (χ1) is 26.1. The van der Waals surface area contributed by atoms with Gasteiger partial charge in [0.15, 0.2) is 0 Å². The van der Waals surface area contributed by atoms with Crippen LogP contribution in [0.2, 0.25) is 0 Å². The molecule has 0 unspecified atom stereocenters. The number of carboxylic acid groups (broad SMARTS) is 2. The van der Waals surface area contributed by atoms with Crippen molar-refractivity contribution in [2.24, 2.45) is 0 Å². The quantitative estimate of drug-likeness (QED) is 0.0654. The van der Waals surface area contributed by atoms with E-state index in [2.05, 4.69) is 20.3 Å². The first-order valence-electron chi connectivity index (χ1n) is 18.1. The Morgan fingerprint density at radius 3 is 1.78 bits per heavy atom. The number of carboxylic acids is 2. The number of aromatic nitrogens is 1. The van der Waals surface area contributed by atoms with Gasteiger partial charge in [-0.15, -0.1) is 0 Å². The predicted molar refractivity (Wildman–Crippen MR) is 197 cm³/mol. The molecule has 0 saturated carbocycles. The number of anilines is 1. The second-order valence-electron chi connectivity index (χ2n) is 12.0. The molecule has 0 atom stereocenters. The lowest BCUT2D eigenvalue weighted by molar-refractivity contribution is -0.143. The van der Waals surface area contributed by atoms with Gasteiger partial charge in [-0.3, -0.25) is 19.1 Å². The number of carbonyl (C=O) groups excluding carboxylic acids is 2. The summed E-state index contributed by atoms with van der Waals surface area (Å²) < 4.78 is 54.5. The Morgan fingerprint density at radius 2 is 1.19 bits per heavy atom. The maximum absolute atomic E-state index is 12.9. The van der Waals surface area contributed by atoms with Crippen molar-refractivity contribution in [2.75, 3.05) is 77.3 Å². The van der Waals surface area contributed by atoms with Gasteiger partial charge in [-0.2, -0.15) is 0 Å². The summed E-state index contributed by atoms with van der Waals surface area (Å²) >= 11 is 0. The third-order valence-electron chi connectivity index (χ3n) is 7.51. The molecule has 0 spiro atoms. The van der Waals surface area contributed by atoms with Gasteiger partial charge >= 0.3 is 11.9 Å². The smallest absolute Gasteiger partial charge is 0.329 e. The predicted octanol–water partition coefficient (Wildman–Crippen LogP) is 3.24. The maximum Gasteiger partial charge on any atom is 0.329 e.